The van der Waals surface area contributed by atoms with Gasteiger partial charge in [0.2, 0.25) is 0 Å². The van der Waals surface area contributed by atoms with Gasteiger partial charge in [0.25, 0.3) is 5.91 Å². The zero-order chi connectivity index (χ0) is 15.2. The van der Waals surface area contributed by atoms with Crippen molar-refractivity contribution in [3.05, 3.63) is 59.1 Å². The number of benzene rings is 2. The second-order valence-electron chi connectivity index (χ2n) is 4.75. The number of hydrogen-bond donors (Lipinski definition) is 1. The quantitative estimate of drug-likeness (QED) is 0.894. The van der Waals surface area contributed by atoms with Gasteiger partial charge in [-0.3, -0.25) is 4.79 Å². The van der Waals surface area contributed by atoms with E-state index in [4.69, 9.17) is 16.3 Å². The van der Waals surface area contributed by atoms with E-state index in [9.17, 15) is 4.79 Å². The highest BCUT2D eigenvalue weighted by Crippen LogP contribution is 2.17. The molecule has 0 fully saturated rings. The van der Waals surface area contributed by atoms with Gasteiger partial charge in [-0.2, -0.15) is 0 Å². The second kappa shape index (κ2) is 7.14. The molecule has 0 aliphatic rings. The highest BCUT2D eigenvalue weighted by molar-refractivity contribution is 6.30. The number of nitrogens with one attached hydrogen (secondary N) is 1. The second-order valence-corrected chi connectivity index (χ2v) is 5.19. The largest absolute Gasteiger partial charge is 0.481 e. The fourth-order valence-electron chi connectivity index (χ4n) is 1.84. The molecular weight excluding hydrogens is 286 g/mol. The van der Waals surface area contributed by atoms with Gasteiger partial charge in [0.1, 0.15) is 5.75 Å². The van der Waals surface area contributed by atoms with Gasteiger partial charge in [-0.25, -0.2) is 0 Å². The third-order valence-corrected chi connectivity index (χ3v) is 3.38. The predicted molar refractivity (Wildman–Crippen MR) is 86.0 cm³/mol. The summed E-state index contributed by atoms with van der Waals surface area (Å²) < 4.78 is 5.58. The summed E-state index contributed by atoms with van der Waals surface area (Å²) in [5, 5.41) is 3.47. The number of carbonyl (C=O) groups is 1. The van der Waals surface area contributed by atoms with Gasteiger partial charge in [0, 0.05) is 10.7 Å². The number of hydrogen-bond acceptors (Lipinski definition) is 2. The summed E-state index contributed by atoms with van der Waals surface area (Å²) in [6, 6.07) is 14.7. The fourth-order valence-corrected chi connectivity index (χ4v) is 1.96. The molecule has 0 unspecified atom stereocenters. The van der Waals surface area contributed by atoms with Crippen molar-refractivity contribution in [2.24, 2.45) is 0 Å². The van der Waals surface area contributed by atoms with Crippen molar-refractivity contribution >= 4 is 23.2 Å². The lowest BCUT2D eigenvalue weighted by atomic mass is 10.1. The van der Waals surface area contributed by atoms with Crippen LogP contribution in [0.1, 0.15) is 19.4 Å². The molecule has 0 aliphatic heterocycles. The van der Waals surface area contributed by atoms with Crippen LogP contribution in [-0.2, 0) is 11.2 Å². The molecule has 4 heteroatoms. The number of aryl methyl sites for hydroxylation is 1. The zero-order valence-corrected chi connectivity index (χ0v) is 12.9. The van der Waals surface area contributed by atoms with Crippen molar-refractivity contribution in [2.75, 3.05) is 5.32 Å². The molecule has 0 spiro atoms. The SMILES string of the molecule is CCc1ccc(NC(=O)[C@@H](C)Oc2ccc(Cl)cc2)cc1. The van der Waals surface area contributed by atoms with E-state index >= 15 is 0 Å². The summed E-state index contributed by atoms with van der Waals surface area (Å²) in [6.45, 7) is 3.81. The van der Waals surface area contributed by atoms with Crippen LogP contribution in [0.15, 0.2) is 48.5 Å². The highest BCUT2D eigenvalue weighted by atomic mass is 35.5. The van der Waals surface area contributed by atoms with Crippen molar-refractivity contribution in [1.29, 1.82) is 0 Å². The molecule has 0 bridgehead atoms. The summed E-state index contributed by atoms with van der Waals surface area (Å²) in [4.78, 5) is 12.1. The number of anilines is 1. The average Bonchev–Trinajstić information content (AvgIpc) is 2.50. The van der Waals surface area contributed by atoms with Crippen LogP contribution >= 0.6 is 11.6 Å². The number of amides is 1. The molecule has 2 aromatic carbocycles. The van der Waals surface area contributed by atoms with Crippen LogP contribution in [0.5, 0.6) is 5.75 Å². The lowest BCUT2D eigenvalue weighted by Crippen LogP contribution is -2.30. The molecule has 2 aromatic rings. The number of rotatable bonds is 5. The lowest BCUT2D eigenvalue weighted by Gasteiger charge is -2.15. The predicted octanol–water partition coefficient (Wildman–Crippen LogP) is 4.31. The standard InChI is InChI=1S/C17H18ClNO2/c1-3-13-4-8-15(9-5-13)19-17(20)12(2)21-16-10-6-14(18)7-11-16/h4-12H,3H2,1-2H3,(H,19,20)/t12-/m1/s1. The van der Waals surface area contributed by atoms with E-state index < -0.39 is 6.10 Å². The van der Waals surface area contributed by atoms with Gasteiger partial charge >= 0.3 is 0 Å². The van der Waals surface area contributed by atoms with E-state index in [1.807, 2.05) is 24.3 Å². The molecule has 1 atom stereocenters. The van der Waals surface area contributed by atoms with Gasteiger partial charge in [0.15, 0.2) is 6.10 Å². The van der Waals surface area contributed by atoms with Crippen LogP contribution in [0.4, 0.5) is 5.69 Å². The van der Waals surface area contributed by atoms with Crippen molar-refractivity contribution in [3.8, 4) is 5.75 Å². The van der Waals surface area contributed by atoms with E-state index in [1.165, 1.54) is 5.56 Å². The Labute approximate surface area is 129 Å². The Morgan fingerprint density at radius 2 is 1.76 bits per heavy atom. The third-order valence-electron chi connectivity index (χ3n) is 3.13. The first kappa shape index (κ1) is 15.4. The molecule has 0 aliphatic carbocycles. The van der Waals surface area contributed by atoms with Crippen LogP contribution < -0.4 is 10.1 Å². The summed E-state index contributed by atoms with van der Waals surface area (Å²) in [5.41, 5.74) is 2.00. The Hall–Kier alpha value is -2.00. The van der Waals surface area contributed by atoms with Crippen molar-refractivity contribution < 1.29 is 9.53 Å². The van der Waals surface area contributed by atoms with Crippen molar-refractivity contribution in [2.45, 2.75) is 26.4 Å². The van der Waals surface area contributed by atoms with E-state index in [2.05, 4.69) is 12.2 Å². The van der Waals surface area contributed by atoms with Crippen LogP contribution in [0.2, 0.25) is 5.02 Å². The molecule has 0 saturated carbocycles. The first-order valence-corrected chi connectivity index (χ1v) is 7.28. The van der Waals surface area contributed by atoms with Crippen molar-refractivity contribution in [1.82, 2.24) is 0 Å². The molecular formula is C17H18ClNO2. The summed E-state index contributed by atoms with van der Waals surface area (Å²) in [5.74, 6) is 0.428. The van der Waals surface area contributed by atoms with Gasteiger partial charge in [0.05, 0.1) is 0 Å². The third kappa shape index (κ3) is 4.50. The Morgan fingerprint density at radius 3 is 2.33 bits per heavy atom. The minimum Gasteiger partial charge on any atom is -0.481 e. The van der Waals surface area contributed by atoms with Gasteiger partial charge in [-0.15, -0.1) is 0 Å². The van der Waals surface area contributed by atoms with E-state index in [1.54, 1.807) is 31.2 Å². The average molecular weight is 304 g/mol. The normalized spacial score (nSPS) is 11.8. The van der Waals surface area contributed by atoms with Gasteiger partial charge in [-0.1, -0.05) is 30.7 Å². The first-order chi connectivity index (χ1) is 10.1. The molecule has 21 heavy (non-hydrogen) atoms. The lowest BCUT2D eigenvalue weighted by molar-refractivity contribution is -0.122. The minimum absolute atomic E-state index is 0.186. The first-order valence-electron chi connectivity index (χ1n) is 6.90. The molecule has 0 aromatic heterocycles. The molecule has 1 amide bonds. The molecule has 1 N–H and O–H groups in total. The van der Waals surface area contributed by atoms with Crippen LogP contribution in [0, 0.1) is 0 Å². The Balaban J connectivity index is 1.93. The maximum atomic E-state index is 12.1. The van der Waals surface area contributed by atoms with E-state index in [0.29, 0.717) is 10.8 Å². The minimum atomic E-state index is -0.586. The van der Waals surface area contributed by atoms with E-state index in [0.717, 1.165) is 12.1 Å². The molecule has 110 valence electrons. The highest BCUT2D eigenvalue weighted by Gasteiger charge is 2.14. The maximum absolute atomic E-state index is 12.1. The molecule has 2 rings (SSSR count). The van der Waals surface area contributed by atoms with E-state index in [-0.39, 0.29) is 5.91 Å². The number of halogens is 1. The number of ether oxygens (including phenoxy) is 1. The Bertz CT molecular complexity index is 593. The van der Waals surface area contributed by atoms with Crippen molar-refractivity contribution in [3.63, 3.8) is 0 Å². The fraction of sp³-hybridized carbons (Fsp3) is 0.235. The van der Waals surface area contributed by atoms with Gasteiger partial charge in [-0.05, 0) is 55.3 Å². The van der Waals surface area contributed by atoms with Crippen LogP contribution in [-0.4, -0.2) is 12.0 Å². The molecule has 0 saturated heterocycles. The topological polar surface area (TPSA) is 38.3 Å². The van der Waals surface area contributed by atoms with Crippen LogP contribution in [0.3, 0.4) is 0 Å². The van der Waals surface area contributed by atoms with Gasteiger partial charge < -0.3 is 10.1 Å². The Morgan fingerprint density at radius 1 is 1.14 bits per heavy atom. The molecule has 0 radical (unpaired) electrons. The summed E-state index contributed by atoms with van der Waals surface area (Å²) >= 11 is 5.81. The Kier molecular flexibility index (Phi) is 5.23. The molecule has 0 heterocycles. The number of carbonyl (C=O) groups excluding carboxylic acids is 1. The molecule has 3 nitrogen and oxygen atoms in total. The maximum Gasteiger partial charge on any atom is 0.265 e. The smallest absolute Gasteiger partial charge is 0.265 e. The summed E-state index contributed by atoms with van der Waals surface area (Å²) in [6.07, 6.45) is 0.390. The zero-order valence-electron chi connectivity index (χ0n) is 12.1. The monoisotopic (exact) mass is 303 g/mol. The summed E-state index contributed by atoms with van der Waals surface area (Å²) in [7, 11) is 0. The van der Waals surface area contributed by atoms with Crippen LogP contribution in [0.25, 0.3) is 0 Å².